The van der Waals surface area contributed by atoms with Gasteiger partial charge in [0.1, 0.15) is 11.7 Å². The third-order valence-electron chi connectivity index (χ3n) is 2.85. The fourth-order valence-electron chi connectivity index (χ4n) is 1.91. The third kappa shape index (κ3) is 2.33. The Hall–Kier alpha value is -2.45. The Bertz CT molecular complexity index is 828. The van der Waals surface area contributed by atoms with E-state index in [1.165, 1.54) is 0 Å². The van der Waals surface area contributed by atoms with E-state index in [0.29, 0.717) is 11.3 Å². The monoisotopic (exact) mass is 324 g/mol. The summed E-state index contributed by atoms with van der Waals surface area (Å²) >= 11 is 3.43. The van der Waals surface area contributed by atoms with Crippen molar-refractivity contribution >= 4 is 33.2 Å². The van der Waals surface area contributed by atoms with Crippen LogP contribution in [0.15, 0.2) is 53.4 Å². The van der Waals surface area contributed by atoms with E-state index in [1.54, 1.807) is 18.5 Å². The fraction of sp³-hybridized carbons (Fsp3) is 0. The van der Waals surface area contributed by atoms with Crippen LogP contribution in [0.1, 0.15) is 11.4 Å². The summed E-state index contributed by atoms with van der Waals surface area (Å²) in [6.07, 6.45) is 7.12. The molecule has 20 heavy (non-hydrogen) atoms. The fourth-order valence-corrected chi connectivity index (χ4v) is 2.25. The molecule has 0 aliphatic carbocycles. The number of nitriles is 1. The van der Waals surface area contributed by atoms with E-state index in [9.17, 15) is 5.26 Å². The molecule has 0 radical (unpaired) electrons. The molecule has 3 aromatic rings. The lowest BCUT2D eigenvalue weighted by atomic mass is 10.1. The quantitative estimate of drug-likeness (QED) is 0.677. The molecule has 0 bridgehead atoms. The number of rotatable bonds is 2. The van der Waals surface area contributed by atoms with Gasteiger partial charge in [-0.2, -0.15) is 5.26 Å². The molecule has 0 spiro atoms. The lowest BCUT2D eigenvalue weighted by Gasteiger charge is -2.00. The van der Waals surface area contributed by atoms with Gasteiger partial charge in [0, 0.05) is 16.9 Å². The number of pyridine rings is 2. The minimum atomic E-state index is 0.507. The van der Waals surface area contributed by atoms with E-state index in [-0.39, 0.29) is 0 Å². The van der Waals surface area contributed by atoms with Crippen LogP contribution >= 0.6 is 15.9 Å². The van der Waals surface area contributed by atoms with Gasteiger partial charge >= 0.3 is 0 Å². The smallest absolute Gasteiger partial charge is 0.137 e. The third-order valence-corrected chi connectivity index (χ3v) is 3.32. The van der Waals surface area contributed by atoms with Crippen molar-refractivity contribution in [2.75, 3.05) is 0 Å². The Morgan fingerprint density at radius 3 is 2.90 bits per heavy atom. The van der Waals surface area contributed by atoms with Crippen LogP contribution in [0.3, 0.4) is 0 Å². The summed E-state index contributed by atoms with van der Waals surface area (Å²) in [4.78, 5) is 8.51. The minimum Gasteiger partial charge on any atom is -0.299 e. The maximum absolute atomic E-state index is 9.31. The highest BCUT2D eigenvalue weighted by molar-refractivity contribution is 9.10. The zero-order valence-electron chi connectivity index (χ0n) is 10.4. The first-order chi connectivity index (χ1) is 9.78. The van der Waals surface area contributed by atoms with Gasteiger partial charge in [-0.25, -0.2) is 4.98 Å². The molecule has 0 atom stereocenters. The van der Waals surface area contributed by atoms with Crippen LogP contribution in [0.25, 0.3) is 17.3 Å². The van der Waals surface area contributed by atoms with Crippen LogP contribution in [-0.2, 0) is 0 Å². The minimum absolute atomic E-state index is 0.507. The molecule has 3 rings (SSSR count). The van der Waals surface area contributed by atoms with E-state index in [2.05, 4.69) is 32.0 Å². The maximum atomic E-state index is 9.31. The number of imidazole rings is 1. The highest BCUT2D eigenvalue weighted by Gasteiger charge is 2.05. The molecule has 0 aliphatic rings. The van der Waals surface area contributed by atoms with Crippen molar-refractivity contribution in [3.63, 3.8) is 0 Å². The second-order valence-corrected chi connectivity index (χ2v) is 5.06. The molecule has 0 saturated heterocycles. The van der Waals surface area contributed by atoms with Gasteiger partial charge in [-0.05, 0) is 46.3 Å². The average Bonchev–Trinajstić information content (AvgIpc) is 2.88. The number of allylic oxidation sites excluding steroid dienone is 1. The Morgan fingerprint density at radius 2 is 2.15 bits per heavy atom. The maximum Gasteiger partial charge on any atom is 0.137 e. The summed E-state index contributed by atoms with van der Waals surface area (Å²) in [6, 6.07) is 11.5. The standard InChI is InChI=1S/C15H9BrN4/c16-12-4-5-15-19-9-13(20(15)10-12)7-11(8-17)14-3-1-2-6-18-14/h1-7,9-10H/b11-7-. The SMILES string of the molecule is N#C/C(=C/c1cnc2ccc(Br)cn12)c1ccccn1. The first-order valence-electron chi connectivity index (χ1n) is 5.94. The van der Waals surface area contributed by atoms with Crippen molar-refractivity contribution in [3.8, 4) is 6.07 Å². The Labute approximate surface area is 124 Å². The van der Waals surface area contributed by atoms with Gasteiger partial charge in [0.05, 0.1) is 23.2 Å². The van der Waals surface area contributed by atoms with Gasteiger partial charge in [0.15, 0.2) is 0 Å². The summed E-state index contributed by atoms with van der Waals surface area (Å²) in [5.41, 5.74) is 2.83. The van der Waals surface area contributed by atoms with Crippen LogP contribution < -0.4 is 0 Å². The molecule has 0 unspecified atom stereocenters. The zero-order valence-corrected chi connectivity index (χ0v) is 11.9. The van der Waals surface area contributed by atoms with Crippen molar-refractivity contribution in [1.82, 2.24) is 14.4 Å². The van der Waals surface area contributed by atoms with E-state index >= 15 is 0 Å². The number of hydrogen-bond acceptors (Lipinski definition) is 3. The van der Waals surface area contributed by atoms with Crippen LogP contribution in [0, 0.1) is 11.3 Å². The largest absolute Gasteiger partial charge is 0.299 e. The van der Waals surface area contributed by atoms with E-state index in [0.717, 1.165) is 15.8 Å². The molecule has 0 amide bonds. The molecule has 0 N–H and O–H groups in total. The molecule has 5 heteroatoms. The molecule has 0 aliphatic heterocycles. The van der Waals surface area contributed by atoms with Gasteiger partial charge in [-0.1, -0.05) is 6.07 Å². The lowest BCUT2D eigenvalue weighted by molar-refractivity contribution is 1.16. The van der Waals surface area contributed by atoms with Crippen molar-refractivity contribution in [2.24, 2.45) is 0 Å². The summed E-state index contributed by atoms with van der Waals surface area (Å²) < 4.78 is 2.87. The molecule has 4 nitrogen and oxygen atoms in total. The number of nitrogens with zero attached hydrogens (tertiary/aromatic N) is 4. The molecule has 3 aromatic heterocycles. The highest BCUT2D eigenvalue weighted by Crippen LogP contribution is 2.18. The van der Waals surface area contributed by atoms with Crippen molar-refractivity contribution in [3.05, 3.63) is 64.8 Å². The van der Waals surface area contributed by atoms with Gasteiger partial charge < -0.3 is 0 Å². The van der Waals surface area contributed by atoms with E-state index in [4.69, 9.17) is 0 Å². The molecular weight excluding hydrogens is 316 g/mol. The van der Waals surface area contributed by atoms with Crippen LogP contribution in [0.5, 0.6) is 0 Å². The van der Waals surface area contributed by atoms with Crippen molar-refractivity contribution in [1.29, 1.82) is 5.26 Å². The molecule has 0 fully saturated rings. The number of hydrogen-bond donors (Lipinski definition) is 0. The Kier molecular flexibility index (Phi) is 3.32. The molecule has 0 aromatic carbocycles. The van der Waals surface area contributed by atoms with Crippen molar-refractivity contribution in [2.45, 2.75) is 0 Å². The van der Waals surface area contributed by atoms with Crippen molar-refractivity contribution < 1.29 is 0 Å². The molecule has 96 valence electrons. The first-order valence-corrected chi connectivity index (χ1v) is 6.73. The number of aromatic nitrogens is 3. The summed E-state index contributed by atoms with van der Waals surface area (Å²) in [6.45, 7) is 0. The van der Waals surface area contributed by atoms with Gasteiger partial charge in [-0.15, -0.1) is 0 Å². The number of halogens is 1. The molecule has 0 saturated carbocycles. The lowest BCUT2D eigenvalue weighted by Crippen LogP contribution is -1.89. The normalized spacial score (nSPS) is 11.5. The summed E-state index contributed by atoms with van der Waals surface area (Å²) in [7, 11) is 0. The molecule has 3 heterocycles. The van der Waals surface area contributed by atoms with Gasteiger partial charge in [0.25, 0.3) is 0 Å². The van der Waals surface area contributed by atoms with Crippen LogP contribution in [0.2, 0.25) is 0 Å². The van der Waals surface area contributed by atoms with Crippen LogP contribution in [0.4, 0.5) is 0 Å². The first kappa shape index (κ1) is 12.6. The predicted molar refractivity (Wildman–Crippen MR) is 80.6 cm³/mol. The van der Waals surface area contributed by atoms with Gasteiger partial charge in [-0.3, -0.25) is 9.38 Å². The average molecular weight is 325 g/mol. The summed E-state index contributed by atoms with van der Waals surface area (Å²) in [5, 5.41) is 9.31. The van der Waals surface area contributed by atoms with E-state index < -0.39 is 0 Å². The van der Waals surface area contributed by atoms with E-state index in [1.807, 2.05) is 40.9 Å². The van der Waals surface area contributed by atoms with Gasteiger partial charge in [0.2, 0.25) is 0 Å². The predicted octanol–water partition coefficient (Wildman–Crippen LogP) is 3.56. The topological polar surface area (TPSA) is 54.0 Å². The Balaban J connectivity index is 2.13. The number of fused-ring (bicyclic) bond motifs is 1. The van der Waals surface area contributed by atoms with Crippen LogP contribution in [-0.4, -0.2) is 14.4 Å². The second kappa shape index (κ2) is 5.27. The second-order valence-electron chi connectivity index (χ2n) is 4.14. The summed E-state index contributed by atoms with van der Waals surface area (Å²) in [5.74, 6) is 0. The zero-order chi connectivity index (χ0) is 13.9. The Morgan fingerprint density at radius 1 is 1.25 bits per heavy atom. The highest BCUT2D eigenvalue weighted by atomic mass is 79.9. The molecular formula is C15H9BrN4.